The molecule has 0 bridgehead atoms. The molecule has 108 valence electrons. The zero-order chi connectivity index (χ0) is 15.0. The van der Waals surface area contributed by atoms with E-state index in [-0.39, 0.29) is 29.1 Å². The van der Waals surface area contributed by atoms with Gasteiger partial charge in [-0.2, -0.15) is 0 Å². The molecule has 2 N–H and O–H groups in total. The molecule has 0 fully saturated rings. The number of nitrogens with one attached hydrogen (secondary N) is 2. The molecule has 0 radical (unpaired) electrons. The molecule has 0 saturated heterocycles. The Balaban J connectivity index is 1.77. The second-order valence-corrected chi connectivity index (χ2v) is 6.34. The number of carbonyl (C=O) groups excluding carboxylic acids is 2. The molecule has 3 rings (SSSR count). The van der Waals surface area contributed by atoms with E-state index in [1.807, 2.05) is 19.9 Å². The van der Waals surface area contributed by atoms with Crippen molar-refractivity contribution in [1.29, 1.82) is 0 Å². The number of aliphatic imine (C=N–C) groups is 1. The number of nitrogens with zero attached hydrogens (tertiary/aromatic N) is 1. The van der Waals surface area contributed by atoms with Crippen LogP contribution in [0.15, 0.2) is 45.8 Å². The summed E-state index contributed by atoms with van der Waals surface area (Å²) in [6, 6.07) is 8.84. The van der Waals surface area contributed by atoms with Gasteiger partial charge in [0.2, 0.25) is 11.9 Å². The third-order valence-electron chi connectivity index (χ3n) is 3.65. The van der Waals surface area contributed by atoms with Crippen LogP contribution in [0.4, 0.5) is 0 Å². The summed E-state index contributed by atoms with van der Waals surface area (Å²) >= 11 is 1.57. The summed E-state index contributed by atoms with van der Waals surface area (Å²) in [5, 5.41) is 5.15. The third-order valence-corrected chi connectivity index (χ3v) is 4.95. The standard InChI is InChI=1S/C15H15N3O2S/c1-8-9(2)21-14-11(8)13(20)17-15(18-14)16-12(19)10-6-4-3-5-7-10/h3-7,11,14H,1-2H3,(H2,16,17,18,19,20). The van der Waals surface area contributed by atoms with Crippen LogP contribution < -0.4 is 10.6 Å². The quantitative estimate of drug-likeness (QED) is 0.832. The molecule has 0 aromatic heterocycles. The van der Waals surface area contributed by atoms with Crippen LogP contribution in [-0.4, -0.2) is 23.1 Å². The topological polar surface area (TPSA) is 70.6 Å². The van der Waals surface area contributed by atoms with E-state index in [0.29, 0.717) is 5.56 Å². The van der Waals surface area contributed by atoms with Gasteiger partial charge in [0, 0.05) is 5.56 Å². The number of carbonyl (C=O) groups is 2. The Labute approximate surface area is 126 Å². The van der Waals surface area contributed by atoms with E-state index in [0.717, 1.165) is 10.5 Å². The highest BCUT2D eigenvalue weighted by atomic mass is 32.2. The summed E-state index contributed by atoms with van der Waals surface area (Å²) in [6.45, 7) is 3.94. The van der Waals surface area contributed by atoms with Gasteiger partial charge < -0.3 is 0 Å². The Bertz CT molecular complexity index is 667. The minimum atomic E-state index is -0.280. The molecule has 1 aromatic carbocycles. The van der Waals surface area contributed by atoms with Crippen molar-refractivity contribution in [3.05, 3.63) is 46.4 Å². The Morgan fingerprint density at radius 2 is 2.00 bits per heavy atom. The van der Waals surface area contributed by atoms with E-state index in [1.165, 1.54) is 0 Å². The van der Waals surface area contributed by atoms with E-state index in [9.17, 15) is 9.59 Å². The number of amides is 2. The van der Waals surface area contributed by atoms with Crippen molar-refractivity contribution in [2.45, 2.75) is 19.2 Å². The second kappa shape index (κ2) is 5.37. The van der Waals surface area contributed by atoms with Crippen molar-refractivity contribution in [2.75, 3.05) is 0 Å². The van der Waals surface area contributed by atoms with Crippen molar-refractivity contribution in [3.8, 4) is 0 Å². The minimum absolute atomic E-state index is 0.111. The molecule has 0 spiro atoms. The number of hydrogen-bond donors (Lipinski definition) is 2. The molecular formula is C15H15N3O2S. The van der Waals surface area contributed by atoms with Crippen molar-refractivity contribution in [2.24, 2.45) is 10.9 Å². The Morgan fingerprint density at radius 3 is 2.71 bits per heavy atom. The van der Waals surface area contributed by atoms with Gasteiger partial charge in [0.25, 0.3) is 5.91 Å². The van der Waals surface area contributed by atoms with E-state index in [2.05, 4.69) is 15.6 Å². The lowest BCUT2D eigenvalue weighted by Crippen LogP contribution is -2.51. The predicted molar refractivity (Wildman–Crippen MR) is 82.7 cm³/mol. The molecule has 2 unspecified atom stereocenters. The van der Waals surface area contributed by atoms with Crippen LogP contribution in [0, 0.1) is 5.92 Å². The molecule has 21 heavy (non-hydrogen) atoms. The molecule has 2 atom stereocenters. The average molecular weight is 301 g/mol. The highest BCUT2D eigenvalue weighted by Gasteiger charge is 2.40. The van der Waals surface area contributed by atoms with Crippen LogP contribution in [0.1, 0.15) is 24.2 Å². The maximum Gasteiger partial charge on any atom is 0.257 e. The van der Waals surface area contributed by atoms with Gasteiger partial charge in [0.15, 0.2) is 0 Å². The third kappa shape index (κ3) is 2.58. The molecule has 2 aliphatic rings. The number of guanidine groups is 1. The SMILES string of the molecule is CC1=C(C)C2C(=O)NC(NC(=O)c3ccccc3)=NC2S1. The first-order valence-electron chi connectivity index (χ1n) is 6.65. The summed E-state index contributed by atoms with van der Waals surface area (Å²) in [5.74, 6) is -0.393. The lowest BCUT2D eigenvalue weighted by atomic mass is 9.98. The van der Waals surface area contributed by atoms with E-state index in [4.69, 9.17) is 0 Å². The van der Waals surface area contributed by atoms with E-state index >= 15 is 0 Å². The summed E-state index contributed by atoms with van der Waals surface area (Å²) in [7, 11) is 0. The Morgan fingerprint density at radius 1 is 1.29 bits per heavy atom. The Kier molecular flexibility index (Phi) is 3.55. The number of benzene rings is 1. The van der Waals surface area contributed by atoms with Gasteiger partial charge >= 0.3 is 0 Å². The summed E-state index contributed by atoms with van der Waals surface area (Å²) in [5.41, 5.74) is 1.58. The van der Waals surface area contributed by atoms with Crippen LogP contribution in [-0.2, 0) is 4.79 Å². The van der Waals surface area contributed by atoms with Gasteiger partial charge in [-0.15, -0.1) is 11.8 Å². The first-order chi connectivity index (χ1) is 10.1. The molecule has 0 aliphatic carbocycles. The molecule has 2 amide bonds. The van der Waals surface area contributed by atoms with Crippen molar-refractivity contribution in [3.63, 3.8) is 0 Å². The molecule has 1 aromatic rings. The Hall–Kier alpha value is -2.08. The highest BCUT2D eigenvalue weighted by Crippen LogP contribution is 2.43. The summed E-state index contributed by atoms with van der Waals surface area (Å²) in [6.07, 6.45) is 0. The van der Waals surface area contributed by atoms with Crippen LogP contribution in [0.25, 0.3) is 0 Å². The van der Waals surface area contributed by atoms with Crippen molar-refractivity contribution < 1.29 is 9.59 Å². The monoisotopic (exact) mass is 301 g/mol. The molecule has 2 heterocycles. The largest absolute Gasteiger partial charge is 0.296 e. The van der Waals surface area contributed by atoms with Gasteiger partial charge in [0.05, 0.1) is 5.92 Å². The first-order valence-corrected chi connectivity index (χ1v) is 7.53. The minimum Gasteiger partial charge on any atom is -0.296 e. The molecular weight excluding hydrogens is 286 g/mol. The number of allylic oxidation sites excluding steroid dienone is 1. The highest BCUT2D eigenvalue weighted by molar-refractivity contribution is 8.04. The van der Waals surface area contributed by atoms with Gasteiger partial charge in [0.1, 0.15) is 5.37 Å². The van der Waals surface area contributed by atoms with Gasteiger partial charge in [-0.3, -0.25) is 20.2 Å². The van der Waals surface area contributed by atoms with Crippen LogP contribution in [0.5, 0.6) is 0 Å². The fraction of sp³-hybridized carbons (Fsp3) is 0.267. The number of rotatable bonds is 1. The predicted octanol–water partition coefficient (Wildman–Crippen LogP) is 1.89. The maximum atomic E-state index is 12.2. The molecule has 6 heteroatoms. The fourth-order valence-electron chi connectivity index (χ4n) is 2.39. The summed E-state index contributed by atoms with van der Waals surface area (Å²) in [4.78, 5) is 29.8. The summed E-state index contributed by atoms with van der Waals surface area (Å²) < 4.78 is 0. The van der Waals surface area contributed by atoms with Crippen molar-refractivity contribution in [1.82, 2.24) is 10.6 Å². The lowest BCUT2D eigenvalue weighted by Gasteiger charge is -2.24. The van der Waals surface area contributed by atoms with Crippen molar-refractivity contribution >= 4 is 29.5 Å². The number of hydrogen-bond acceptors (Lipinski definition) is 4. The number of fused-ring (bicyclic) bond motifs is 1. The zero-order valence-corrected chi connectivity index (χ0v) is 12.5. The smallest absolute Gasteiger partial charge is 0.257 e. The number of thioether (sulfide) groups is 1. The van der Waals surface area contributed by atoms with E-state index < -0.39 is 0 Å². The van der Waals surface area contributed by atoms with E-state index in [1.54, 1.807) is 36.0 Å². The average Bonchev–Trinajstić information content (AvgIpc) is 2.75. The zero-order valence-electron chi connectivity index (χ0n) is 11.7. The van der Waals surface area contributed by atoms with Gasteiger partial charge in [-0.25, -0.2) is 4.99 Å². The van der Waals surface area contributed by atoms with Gasteiger partial charge in [-0.1, -0.05) is 18.2 Å². The lowest BCUT2D eigenvalue weighted by molar-refractivity contribution is -0.122. The van der Waals surface area contributed by atoms with Crippen LogP contribution in [0.2, 0.25) is 0 Å². The first kappa shape index (κ1) is 13.9. The second-order valence-electron chi connectivity index (χ2n) is 5.01. The van der Waals surface area contributed by atoms with Crippen LogP contribution >= 0.6 is 11.8 Å². The molecule has 2 aliphatic heterocycles. The molecule has 5 nitrogen and oxygen atoms in total. The van der Waals surface area contributed by atoms with Crippen LogP contribution in [0.3, 0.4) is 0 Å². The van der Waals surface area contributed by atoms with Gasteiger partial charge in [-0.05, 0) is 36.5 Å². The maximum absolute atomic E-state index is 12.2. The fourth-order valence-corrected chi connectivity index (χ4v) is 3.69. The molecule has 0 saturated carbocycles. The normalized spacial score (nSPS) is 24.3.